The Balaban J connectivity index is 2.42. The number of amides is 1. The van der Waals surface area contributed by atoms with Crippen molar-refractivity contribution in [2.45, 2.75) is 46.2 Å². The van der Waals surface area contributed by atoms with Gasteiger partial charge in [-0.05, 0) is 43.9 Å². The molecule has 0 heterocycles. The van der Waals surface area contributed by atoms with E-state index in [-0.39, 0.29) is 18.0 Å². The first-order chi connectivity index (χ1) is 9.40. The first-order valence-electron chi connectivity index (χ1n) is 7.19. The quantitative estimate of drug-likeness (QED) is 0.795. The van der Waals surface area contributed by atoms with Crippen molar-refractivity contribution in [3.05, 3.63) is 34.3 Å². The van der Waals surface area contributed by atoms with Crippen LogP contribution in [0.25, 0.3) is 0 Å². The van der Waals surface area contributed by atoms with Gasteiger partial charge in [-0.3, -0.25) is 10.1 Å². The van der Waals surface area contributed by atoms with E-state index >= 15 is 0 Å². The molecule has 0 radical (unpaired) electrons. The van der Waals surface area contributed by atoms with E-state index in [0.29, 0.717) is 5.92 Å². The molecule has 0 aliphatic rings. The van der Waals surface area contributed by atoms with E-state index in [1.165, 1.54) is 5.56 Å². The van der Waals surface area contributed by atoms with Crippen LogP contribution in [0.5, 0.6) is 0 Å². The highest BCUT2D eigenvalue weighted by atomic mass is 79.9. The fraction of sp³-hybridized carbons (Fsp3) is 0.562. The average molecular weight is 341 g/mol. The molecular weight excluding hydrogens is 316 g/mol. The topological polar surface area (TPSA) is 41.1 Å². The highest BCUT2D eigenvalue weighted by Gasteiger charge is 2.15. The van der Waals surface area contributed by atoms with Crippen LogP contribution in [0.3, 0.4) is 0 Å². The van der Waals surface area contributed by atoms with Gasteiger partial charge in [0, 0.05) is 17.1 Å². The van der Waals surface area contributed by atoms with Crippen LogP contribution in [0.1, 0.15) is 45.7 Å². The smallest absolute Gasteiger partial charge is 0.236 e. The minimum atomic E-state index is -0.194. The minimum Gasteiger partial charge on any atom is -0.355 e. The number of carbonyl (C=O) groups excluding carboxylic acids is 1. The first-order valence-corrected chi connectivity index (χ1v) is 7.98. The van der Waals surface area contributed by atoms with Crippen LogP contribution in [-0.4, -0.2) is 18.5 Å². The lowest BCUT2D eigenvalue weighted by Gasteiger charge is -2.20. The Morgan fingerprint density at radius 3 is 2.30 bits per heavy atom. The molecule has 2 atom stereocenters. The summed E-state index contributed by atoms with van der Waals surface area (Å²) in [7, 11) is 0. The van der Waals surface area contributed by atoms with Crippen LogP contribution in [0, 0.1) is 5.92 Å². The number of hydrogen-bond acceptors (Lipinski definition) is 2. The molecular formula is C16H25BrN2O. The van der Waals surface area contributed by atoms with Gasteiger partial charge in [-0.15, -0.1) is 0 Å². The van der Waals surface area contributed by atoms with Gasteiger partial charge in [0.1, 0.15) is 0 Å². The Morgan fingerprint density at radius 1 is 1.15 bits per heavy atom. The summed E-state index contributed by atoms with van der Waals surface area (Å²) in [6, 6.07) is 8.10. The lowest BCUT2D eigenvalue weighted by Crippen LogP contribution is -2.43. The molecule has 1 unspecified atom stereocenters. The summed E-state index contributed by atoms with van der Waals surface area (Å²) in [6.07, 6.45) is 1.01. The summed E-state index contributed by atoms with van der Waals surface area (Å²) in [5.74, 6) is 0.676. The summed E-state index contributed by atoms with van der Waals surface area (Å²) in [4.78, 5) is 12.0. The summed E-state index contributed by atoms with van der Waals surface area (Å²) < 4.78 is 1.06. The predicted octanol–water partition coefficient (Wildman–Crippen LogP) is 3.65. The Labute approximate surface area is 130 Å². The summed E-state index contributed by atoms with van der Waals surface area (Å²) in [5, 5.41) is 6.30. The molecule has 0 fully saturated rings. The largest absolute Gasteiger partial charge is 0.355 e. The molecule has 2 N–H and O–H groups in total. The molecule has 4 heteroatoms. The number of rotatable bonds is 7. The molecule has 112 valence electrons. The van der Waals surface area contributed by atoms with Crippen molar-refractivity contribution in [2.75, 3.05) is 6.54 Å². The molecule has 1 amide bonds. The monoisotopic (exact) mass is 340 g/mol. The number of nitrogens with one attached hydrogen (secondary N) is 2. The second-order valence-electron chi connectivity index (χ2n) is 5.64. The van der Waals surface area contributed by atoms with Gasteiger partial charge in [0.25, 0.3) is 0 Å². The molecule has 1 aromatic rings. The third-order valence-corrected chi connectivity index (χ3v) is 3.81. The maximum absolute atomic E-state index is 12.0. The molecule has 1 rings (SSSR count). The summed E-state index contributed by atoms with van der Waals surface area (Å²) in [6.45, 7) is 9.03. The number of carbonyl (C=O) groups is 1. The number of halogens is 1. The van der Waals surface area contributed by atoms with Crippen LogP contribution in [0.4, 0.5) is 0 Å². The van der Waals surface area contributed by atoms with Crippen molar-refractivity contribution in [1.29, 1.82) is 0 Å². The standard InChI is InChI=1S/C16H25BrN2O/c1-11(2)9-10-18-16(20)13(4)19-12(3)14-5-7-15(17)8-6-14/h5-8,11-13,19H,9-10H2,1-4H3,(H,18,20)/t12-,13?/m0/s1. The molecule has 0 aliphatic heterocycles. The average Bonchev–Trinajstić information content (AvgIpc) is 2.38. The molecule has 0 saturated heterocycles. The van der Waals surface area contributed by atoms with E-state index in [2.05, 4.69) is 59.5 Å². The minimum absolute atomic E-state index is 0.0645. The molecule has 0 aliphatic carbocycles. The Bertz CT molecular complexity index is 417. The van der Waals surface area contributed by atoms with Crippen molar-refractivity contribution in [3.63, 3.8) is 0 Å². The molecule has 0 saturated carbocycles. The predicted molar refractivity (Wildman–Crippen MR) is 87.6 cm³/mol. The first kappa shape index (κ1) is 17.2. The lowest BCUT2D eigenvalue weighted by atomic mass is 10.1. The van der Waals surface area contributed by atoms with Crippen LogP contribution < -0.4 is 10.6 Å². The molecule has 0 aromatic heterocycles. The zero-order chi connectivity index (χ0) is 15.1. The van der Waals surface area contributed by atoms with Gasteiger partial charge < -0.3 is 5.32 Å². The van der Waals surface area contributed by atoms with E-state index in [9.17, 15) is 4.79 Å². The Morgan fingerprint density at radius 2 is 1.75 bits per heavy atom. The van der Waals surface area contributed by atoms with Crippen LogP contribution in [0.15, 0.2) is 28.7 Å². The van der Waals surface area contributed by atoms with E-state index in [0.717, 1.165) is 17.4 Å². The molecule has 0 spiro atoms. The zero-order valence-corrected chi connectivity index (χ0v) is 14.3. The van der Waals surface area contributed by atoms with E-state index in [4.69, 9.17) is 0 Å². The van der Waals surface area contributed by atoms with Crippen LogP contribution >= 0.6 is 15.9 Å². The van der Waals surface area contributed by atoms with Gasteiger partial charge in [0.15, 0.2) is 0 Å². The van der Waals surface area contributed by atoms with Crippen LogP contribution in [-0.2, 0) is 4.79 Å². The van der Waals surface area contributed by atoms with Gasteiger partial charge in [0.05, 0.1) is 6.04 Å². The molecule has 0 bridgehead atoms. The summed E-state index contributed by atoms with van der Waals surface area (Å²) in [5.41, 5.74) is 1.18. The van der Waals surface area contributed by atoms with Gasteiger partial charge in [-0.25, -0.2) is 0 Å². The number of hydrogen-bond donors (Lipinski definition) is 2. The Kier molecular flexibility index (Phi) is 7.24. The highest BCUT2D eigenvalue weighted by Crippen LogP contribution is 2.16. The van der Waals surface area contributed by atoms with Crippen molar-refractivity contribution in [1.82, 2.24) is 10.6 Å². The summed E-state index contributed by atoms with van der Waals surface area (Å²) >= 11 is 3.42. The third kappa shape index (κ3) is 6.06. The normalized spacial score (nSPS) is 14.1. The SMILES string of the molecule is CC(C)CCNC(=O)C(C)N[C@@H](C)c1ccc(Br)cc1. The zero-order valence-electron chi connectivity index (χ0n) is 12.7. The highest BCUT2D eigenvalue weighted by molar-refractivity contribution is 9.10. The van der Waals surface area contributed by atoms with Gasteiger partial charge in [-0.1, -0.05) is 41.9 Å². The molecule has 20 heavy (non-hydrogen) atoms. The number of benzene rings is 1. The van der Waals surface area contributed by atoms with Gasteiger partial charge in [-0.2, -0.15) is 0 Å². The Hall–Kier alpha value is -0.870. The fourth-order valence-corrected chi connectivity index (χ4v) is 2.20. The molecule has 1 aromatic carbocycles. The fourth-order valence-electron chi connectivity index (χ4n) is 1.94. The maximum Gasteiger partial charge on any atom is 0.236 e. The van der Waals surface area contributed by atoms with Crippen molar-refractivity contribution < 1.29 is 4.79 Å². The third-order valence-electron chi connectivity index (χ3n) is 3.28. The van der Waals surface area contributed by atoms with E-state index < -0.39 is 0 Å². The van der Waals surface area contributed by atoms with Crippen molar-refractivity contribution >= 4 is 21.8 Å². The second-order valence-corrected chi connectivity index (χ2v) is 6.55. The van der Waals surface area contributed by atoms with Crippen molar-refractivity contribution in [3.8, 4) is 0 Å². The van der Waals surface area contributed by atoms with E-state index in [1.807, 2.05) is 19.1 Å². The van der Waals surface area contributed by atoms with Crippen LogP contribution in [0.2, 0.25) is 0 Å². The lowest BCUT2D eigenvalue weighted by molar-refractivity contribution is -0.122. The second kappa shape index (κ2) is 8.42. The molecule has 3 nitrogen and oxygen atoms in total. The van der Waals surface area contributed by atoms with Gasteiger partial charge >= 0.3 is 0 Å². The van der Waals surface area contributed by atoms with Gasteiger partial charge in [0.2, 0.25) is 5.91 Å². The van der Waals surface area contributed by atoms with Crippen molar-refractivity contribution in [2.24, 2.45) is 5.92 Å². The maximum atomic E-state index is 12.0. The van der Waals surface area contributed by atoms with E-state index in [1.54, 1.807) is 0 Å².